The molecule has 0 unspecified atom stereocenters. The number of benzene rings is 3. The first kappa shape index (κ1) is 17.7. The molecule has 3 rings (SSSR count). The van der Waals surface area contributed by atoms with Gasteiger partial charge in [-0.15, -0.1) is 0 Å². The Kier molecular flexibility index (Phi) is 5.07. The second-order valence-corrected chi connectivity index (χ2v) is 5.83. The first-order valence-corrected chi connectivity index (χ1v) is 8.04. The summed E-state index contributed by atoms with van der Waals surface area (Å²) in [4.78, 5) is 12.1. The molecule has 0 radical (unpaired) electrons. The van der Waals surface area contributed by atoms with Crippen LogP contribution in [0.15, 0.2) is 78.9 Å². The van der Waals surface area contributed by atoms with E-state index in [0.717, 1.165) is 22.8 Å². The van der Waals surface area contributed by atoms with E-state index in [1.807, 2.05) is 42.5 Å². The summed E-state index contributed by atoms with van der Waals surface area (Å²) in [6.07, 6.45) is -4.51. The Morgan fingerprint density at radius 3 is 2.00 bits per heavy atom. The molecule has 0 aliphatic heterocycles. The van der Waals surface area contributed by atoms with Gasteiger partial charge in [0.15, 0.2) is 0 Å². The van der Waals surface area contributed by atoms with E-state index in [1.54, 1.807) is 12.1 Å². The molecular weight excluding hydrogens is 339 g/mol. The number of alkyl halides is 3. The van der Waals surface area contributed by atoms with Crippen molar-refractivity contribution in [2.45, 2.75) is 12.6 Å². The van der Waals surface area contributed by atoms with Crippen LogP contribution in [0.5, 0.6) is 0 Å². The van der Waals surface area contributed by atoms with Crippen molar-refractivity contribution in [3.63, 3.8) is 0 Å². The Balaban J connectivity index is 1.70. The van der Waals surface area contributed by atoms with Gasteiger partial charge in [-0.2, -0.15) is 13.2 Å². The fourth-order valence-corrected chi connectivity index (χ4v) is 2.66. The van der Waals surface area contributed by atoms with Crippen LogP contribution in [0.4, 0.5) is 18.9 Å². The molecule has 132 valence electrons. The Morgan fingerprint density at radius 2 is 1.35 bits per heavy atom. The van der Waals surface area contributed by atoms with E-state index in [9.17, 15) is 18.0 Å². The fourth-order valence-electron chi connectivity index (χ4n) is 2.66. The lowest BCUT2D eigenvalue weighted by molar-refractivity contribution is -0.137. The summed E-state index contributed by atoms with van der Waals surface area (Å²) in [5, 5.41) is 2.35. The zero-order chi connectivity index (χ0) is 18.6. The van der Waals surface area contributed by atoms with Crippen molar-refractivity contribution in [2.75, 3.05) is 5.32 Å². The zero-order valence-corrected chi connectivity index (χ0v) is 13.8. The molecule has 0 aromatic heterocycles. The number of amides is 1. The van der Waals surface area contributed by atoms with Crippen LogP contribution in [-0.4, -0.2) is 5.91 Å². The van der Waals surface area contributed by atoms with Gasteiger partial charge in [-0.05, 0) is 28.8 Å². The van der Waals surface area contributed by atoms with Crippen LogP contribution in [0.25, 0.3) is 11.1 Å². The van der Waals surface area contributed by atoms with Crippen molar-refractivity contribution in [2.24, 2.45) is 0 Å². The standard InChI is InChI=1S/C21H16F3NO/c22-21(23,24)18-8-4-5-9-19(18)25-20(26)14-15-10-12-17(13-11-15)16-6-2-1-3-7-16/h1-13H,14H2,(H,25,26). The molecule has 0 bridgehead atoms. The maximum absolute atomic E-state index is 13.0. The summed E-state index contributed by atoms with van der Waals surface area (Å²) in [6.45, 7) is 0. The highest BCUT2D eigenvalue weighted by Crippen LogP contribution is 2.34. The van der Waals surface area contributed by atoms with Gasteiger partial charge >= 0.3 is 6.18 Å². The van der Waals surface area contributed by atoms with Gasteiger partial charge < -0.3 is 5.32 Å². The van der Waals surface area contributed by atoms with Crippen molar-refractivity contribution >= 4 is 11.6 Å². The molecule has 2 nitrogen and oxygen atoms in total. The van der Waals surface area contributed by atoms with Crippen LogP contribution >= 0.6 is 0 Å². The molecule has 3 aromatic rings. The topological polar surface area (TPSA) is 29.1 Å². The van der Waals surface area contributed by atoms with Crippen LogP contribution in [0, 0.1) is 0 Å². The Hall–Kier alpha value is -3.08. The minimum Gasteiger partial charge on any atom is -0.325 e. The third-order valence-corrected chi connectivity index (χ3v) is 3.93. The first-order valence-electron chi connectivity index (χ1n) is 8.04. The molecule has 0 saturated heterocycles. The monoisotopic (exact) mass is 355 g/mol. The van der Waals surface area contributed by atoms with Crippen molar-refractivity contribution < 1.29 is 18.0 Å². The largest absolute Gasteiger partial charge is 0.418 e. The van der Waals surface area contributed by atoms with E-state index in [-0.39, 0.29) is 12.1 Å². The Morgan fingerprint density at radius 1 is 0.769 bits per heavy atom. The van der Waals surface area contributed by atoms with Crippen LogP contribution in [0.3, 0.4) is 0 Å². The predicted octanol–water partition coefficient (Wildman–Crippen LogP) is 5.55. The number of carbonyl (C=O) groups is 1. The zero-order valence-electron chi connectivity index (χ0n) is 13.8. The highest BCUT2D eigenvalue weighted by atomic mass is 19.4. The third-order valence-electron chi connectivity index (χ3n) is 3.93. The first-order chi connectivity index (χ1) is 12.4. The molecule has 0 aliphatic rings. The summed E-state index contributed by atoms with van der Waals surface area (Å²) < 4.78 is 38.9. The average molecular weight is 355 g/mol. The molecule has 0 atom stereocenters. The lowest BCUT2D eigenvalue weighted by Crippen LogP contribution is -2.18. The van der Waals surface area contributed by atoms with Gasteiger partial charge in [-0.3, -0.25) is 4.79 Å². The molecule has 5 heteroatoms. The molecule has 26 heavy (non-hydrogen) atoms. The molecule has 0 saturated carbocycles. The third kappa shape index (κ3) is 4.30. The highest BCUT2D eigenvalue weighted by molar-refractivity contribution is 5.93. The number of carbonyl (C=O) groups excluding carboxylic acids is 1. The van der Waals surface area contributed by atoms with Crippen molar-refractivity contribution in [1.29, 1.82) is 0 Å². The van der Waals surface area contributed by atoms with E-state index in [4.69, 9.17) is 0 Å². The molecule has 0 spiro atoms. The Labute approximate surface area is 149 Å². The SMILES string of the molecule is O=C(Cc1ccc(-c2ccccc2)cc1)Nc1ccccc1C(F)(F)F. The van der Waals surface area contributed by atoms with Crippen LogP contribution in [0.1, 0.15) is 11.1 Å². The van der Waals surface area contributed by atoms with Crippen molar-refractivity contribution in [1.82, 2.24) is 0 Å². The molecule has 0 fully saturated rings. The molecule has 0 aliphatic carbocycles. The van der Waals surface area contributed by atoms with E-state index in [2.05, 4.69) is 5.32 Å². The van der Waals surface area contributed by atoms with Crippen molar-refractivity contribution in [3.05, 3.63) is 90.0 Å². The van der Waals surface area contributed by atoms with Gasteiger partial charge in [0.2, 0.25) is 5.91 Å². The minimum absolute atomic E-state index is 0.00125. The number of hydrogen-bond acceptors (Lipinski definition) is 1. The smallest absolute Gasteiger partial charge is 0.325 e. The number of halogens is 3. The average Bonchev–Trinajstić information content (AvgIpc) is 2.62. The van der Waals surface area contributed by atoms with E-state index in [1.165, 1.54) is 18.2 Å². The van der Waals surface area contributed by atoms with Gasteiger partial charge in [0, 0.05) is 0 Å². The van der Waals surface area contributed by atoms with E-state index < -0.39 is 17.6 Å². The quantitative estimate of drug-likeness (QED) is 0.653. The molecule has 0 heterocycles. The molecule has 1 N–H and O–H groups in total. The number of anilines is 1. The maximum atomic E-state index is 13.0. The summed E-state index contributed by atoms with van der Waals surface area (Å²) in [5.41, 5.74) is 1.71. The summed E-state index contributed by atoms with van der Waals surface area (Å²) >= 11 is 0. The second-order valence-electron chi connectivity index (χ2n) is 5.83. The van der Waals surface area contributed by atoms with E-state index in [0.29, 0.717) is 0 Å². The second kappa shape index (κ2) is 7.44. The molecule has 3 aromatic carbocycles. The van der Waals surface area contributed by atoms with Gasteiger partial charge in [-0.1, -0.05) is 66.7 Å². The van der Waals surface area contributed by atoms with Crippen LogP contribution in [0.2, 0.25) is 0 Å². The number of para-hydroxylation sites is 1. The van der Waals surface area contributed by atoms with Crippen LogP contribution < -0.4 is 5.32 Å². The number of hydrogen-bond donors (Lipinski definition) is 1. The number of rotatable bonds is 4. The summed E-state index contributed by atoms with van der Waals surface area (Å²) in [6, 6.07) is 22.1. The summed E-state index contributed by atoms with van der Waals surface area (Å²) in [7, 11) is 0. The van der Waals surface area contributed by atoms with Gasteiger partial charge in [0.05, 0.1) is 17.7 Å². The lowest BCUT2D eigenvalue weighted by Gasteiger charge is -2.13. The molecular formula is C21H16F3NO. The number of nitrogens with one attached hydrogen (secondary N) is 1. The van der Waals surface area contributed by atoms with Gasteiger partial charge in [0.1, 0.15) is 0 Å². The van der Waals surface area contributed by atoms with Crippen LogP contribution in [-0.2, 0) is 17.4 Å². The maximum Gasteiger partial charge on any atom is 0.418 e. The molecule has 1 amide bonds. The highest BCUT2D eigenvalue weighted by Gasteiger charge is 2.33. The van der Waals surface area contributed by atoms with Crippen molar-refractivity contribution in [3.8, 4) is 11.1 Å². The lowest BCUT2D eigenvalue weighted by atomic mass is 10.0. The van der Waals surface area contributed by atoms with Gasteiger partial charge in [0.25, 0.3) is 0 Å². The normalized spacial score (nSPS) is 11.2. The fraction of sp³-hybridized carbons (Fsp3) is 0.0952. The summed E-state index contributed by atoms with van der Waals surface area (Å²) in [5.74, 6) is -0.492. The van der Waals surface area contributed by atoms with Gasteiger partial charge in [-0.25, -0.2) is 0 Å². The predicted molar refractivity (Wildman–Crippen MR) is 95.7 cm³/mol. The Bertz CT molecular complexity index is 887. The van der Waals surface area contributed by atoms with E-state index >= 15 is 0 Å². The minimum atomic E-state index is -4.51.